The Morgan fingerprint density at radius 2 is 1.78 bits per heavy atom. The van der Waals surface area contributed by atoms with Gasteiger partial charge in [-0.05, 0) is 93.0 Å². The van der Waals surface area contributed by atoms with Crippen molar-refractivity contribution in [2.24, 2.45) is 5.41 Å². The average Bonchev–Trinajstić information content (AvgIpc) is 3.46. The van der Waals surface area contributed by atoms with Gasteiger partial charge in [-0.2, -0.15) is 0 Å². The third-order valence-electron chi connectivity index (χ3n) is 8.72. The molecule has 1 saturated heterocycles. The van der Waals surface area contributed by atoms with E-state index in [0.29, 0.717) is 22.5 Å². The summed E-state index contributed by atoms with van der Waals surface area (Å²) < 4.78 is 12.0. The molecule has 2 aromatic carbocycles. The molecular weight excluding hydrogens is 584 g/mol. The number of esters is 1. The van der Waals surface area contributed by atoms with Gasteiger partial charge in [-0.3, -0.25) is 4.90 Å². The van der Waals surface area contributed by atoms with Crippen LogP contribution in [0.3, 0.4) is 0 Å². The van der Waals surface area contributed by atoms with Crippen LogP contribution in [0.15, 0.2) is 72.6 Å². The minimum atomic E-state index is -0.619. The minimum absolute atomic E-state index is 0.297. The number of H-pyrrole nitrogens is 1. The van der Waals surface area contributed by atoms with Crippen molar-refractivity contribution < 1.29 is 14.3 Å². The predicted molar refractivity (Wildman–Crippen MR) is 182 cm³/mol. The summed E-state index contributed by atoms with van der Waals surface area (Å²) in [5.41, 5.74) is 6.21. The molecule has 0 unspecified atom stereocenters. The molecule has 236 valence electrons. The molecule has 7 nitrogen and oxygen atoms in total. The van der Waals surface area contributed by atoms with Crippen LogP contribution in [0.4, 0.5) is 5.69 Å². The van der Waals surface area contributed by atoms with Gasteiger partial charge in [0.05, 0.1) is 6.20 Å². The van der Waals surface area contributed by atoms with Crippen LogP contribution < -0.4 is 9.64 Å². The topological polar surface area (TPSA) is 70.7 Å². The zero-order chi connectivity index (χ0) is 31.8. The fraction of sp³-hybridized carbons (Fsp3) is 0.405. The number of benzene rings is 2. The molecule has 0 saturated carbocycles. The molecule has 8 heteroatoms. The highest BCUT2D eigenvalue weighted by Gasteiger charge is 2.30. The molecule has 0 radical (unpaired) electrons. The summed E-state index contributed by atoms with van der Waals surface area (Å²) in [7, 11) is 0. The summed E-state index contributed by atoms with van der Waals surface area (Å²) in [6.07, 6.45) is 6.93. The minimum Gasteiger partial charge on any atom is -0.456 e. The van der Waals surface area contributed by atoms with Gasteiger partial charge in [0.15, 0.2) is 0 Å². The lowest BCUT2D eigenvalue weighted by atomic mass is 9.72. The van der Waals surface area contributed by atoms with Gasteiger partial charge in [-0.15, -0.1) is 0 Å². The van der Waals surface area contributed by atoms with Gasteiger partial charge in [-0.1, -0.05) is 43.2 Å². The first-order valence-corrected chi connectivity index (χ1v) is 16.2. The molecule has 1 fully saturated rings. The van der Waals surface area contributed by atoms with Crippen LogP contribution in [-0.2, 0) is 4.74 Å². The number of aromatic amines is 1. The van der Waals surface area contributed by atoms with Crippen molar-refractivity contribution >= 4 is 39.9 Å². The number of pyridine rings is 1. The van der Waals surface area contributed by atoms with Crippen molar-refractivity contribution in [3.05, 3.63) is 88.7 Å². The van der Waals surface area contributed by atoms with E-state index in [1.807, 2.05) is 69.4 Å². The van der Waals surface area contributed by atoms with Crippen LogP contribution in [-0.4, -0.2) is 59.2 Å². The average molecular weight is 627 g/mol. The quantitative estimate of drug-likeness (QED) is 0.207. The first-order valence-electron chi connectivity index (χ1n) is 15.9. The lowest BCUT2D eigenvalue weighted by molar-refractivity contribution is 0.00672. The molecule has 0 bridgehead atoms. The van der Waals surface area contributed by atoms with Crippen LogP contribution in [0.25, 0.3) is 16.6 Å². The second-order valence-corrected chi connectivity index (χ2v) is 14.5. The van der Waals surface area contributed by atoms with Gasteiger partial charge in [-0.25, -0.2) is 9.78 Å². The Labute approximate surface area is 271 Å². The highest BCUT2D eigenvalue weighted by atomic mass is 35.5. The molecule has 0 spiro atoms. The smallest absolute Gasteiger partial charge is 0.342 e. The van der Waals surface area contributed by atoms with Crippen LogP contribution in [0.5, 0.6) is 11.5 Å². The molecule has 2 aromatic heterocycles. The van der Waals surface area contributed by atoms with Crippen LogP contribution >= 0.6 is 11.6 Å². The molecular formula is C37H43ClN4O3. The summed E-state index contributed by atoms with van der Waals surface area (Å²) in [6, 6.07) is 18.0. The van der Waals surface area contributed by atoms with Gasteiger partial charge in [0.25, 0.3) is 0 Å². The van der Waals surface area contributed by atoms with Gasteiger partial charge in [0, 0.05) is 61.1 Å². The van der Waals surface area contributed by atoms with E-state index in [0.717, 1.165) is 67.3 Å². The number of hydrogen-bond acceptors (Lipinski definition) is 6. The maximum Gasteiger partial charge on any atom is 0.342 e. The Bertz CT molecular complexity index is 1710. The standard InChI is InChI=1S/C37H43ClN4O3/c1-36(2,3)45-35(43)31-11-10-29(21-33(31)44-30-20-26-13-15-39-34(26)40-23-30)42-18-16-41(17-19-42)24-27-12-14-37(4,5)22-32(27)25-6-8-28(38)9-7-25/h6-11,13,15,20-21,23H,12,14,16-19,22,24H2,1-5H3,(H,39,40). The SMILES string of the molecule is CC1(C)CCC(CN2CCN(c3ccc(C(=O)OC(C)(C)C)c(Oc4cnc5[nH]ccc5c4)c3)CC2)=C(c2ccc(Cl)cc2)C1. The Morgan fingerprint density at radius 1 is 1.02 bits per heavy atom. The van der Waals surface area contributed by atoms with Crippen molar-refractivity contribution in [1.29, 1.82) is 0 Å². The van der Waals surface area contributed by atoms with Crippen molar-refractivity contribution in [1.82, 2.24) is 14.9 Å². The second kappa shape index (κ2) is 12.5. The van der Waals surface area contributed by atoms with E-state index in [1.165, 1.54) is 17.6 Å². The Balaban J connectivity index is 1.19. The summed E-state index contributed by atoms with van der Waals surface area (Å²) in [5, 5.41) is 1.72. The van der Waals surface area contributed by atoms with Crippen LogP contribution in [0.1, 0.15) is 69.8 Å². The van der Waals surface area contributed by atoms with Crippen molar-refractivity contribution in [2.45, 2.75) is 59.5 Å². The number of aromatic nitrogens is 2. The van der Waals surface area contributed by atoms with E-state index in [1.54, 1.807) is 11.8 Å². The molecule has 1 N–H and O–H groups in total. The number of carbonyl (C=O) groups excluding carboxylic acids is 1. The number of ether oxygens (including phenoxy) is 2. The maximum atomic E-state index is 13.2. The van der Waals surface area contributed by atoms with Gasteiger partial charge in [0.1, 0.15) is 28.3 Å². The Morgan fingerprint density at radius 3 is 2.51 bits per heavy atom. The van der Waals surface area contributed by atoms with E-state index in [-0.39, 0.29) is 0 Å². The fourth-order valence-corrected chi connectivity index (χ4v) is 6.42. The molecule has 3 heterocycles. The molecule has 1 aliphatic heterocycles. The van der Waals surface area contributed by atoms with Gasteiger partial charge < -0.3 is 19.4 Å². The lowest BCUT2D eigenvalue weighted by Crippen LogP contribution is -2.47. The normalized spacial score (nSPS) is 17.5. The van der Waals surface area contributed by atoms with Crippen LogP contribution in [0.2, 0.25) is 5.02 Å². The van der Waals surface area contributed by atoms with E-state index >= 15 is 0 Å². The number of allylic oxidation sites excluding steroid dienone is 1. The number of nitrogens with zero attached hydrogens (tertiary/aromatic N) is 3. The number of halogens is 1. The number of rotatable bonds is 7. The summed E-state index contributed by atoms with van der Waals surface area (Å²) >= 11 is 6.22. The number of anilines is 1. The van der Waals surface area contributed by atoms with Crippen molar-refractivity contribution in [3.8, 4) is 11.5 Å². The zero-order valence-electron chi connectivity index (χ0n) is 27.0. The summed E-state index contributed by atoms with van der Waals surface area (Å²) in [6.45, 7) is 15.0. The highest BCUT2D eigenvalue weighted by molar-refractivity contribution is 6.30. The first kappa shape index (κ1) is 31.2. The van der Waals surface area contributed by atoms with Crippen molar-refractivity contribution in [2.75, 3.05) is 37.6 Å². The van der Waals surface area contributed by atoms with Crippen molar-refractivity contribution in [3.63, 3.8) is 0 Å². The highest BCUT2D eigenvalue weighted by Crippen LogP contribution is 2.43. The van der Waals surface area contributed by atoms with E-state index in [9.17, 15) is 4.79 Å². The molecule has 0 amide bonds. The number of hydrogen-bond donors (Lipinski definition) is 1. The fourth-order valence-electron chi connectivity index (χ4n) is 6.29. The number of piperazine rings is 1. The maximum absolute atomic E-state index is 13.2. The van der Waals surface area contributed by atoms with E-state index in [4.69, 9.17) is 21.1 Å². The second-order valence-electron chi connectivity index (χ2n) is 14.1. The Kier molecular flexibility index (Phi) is 8.68. The van der Waals surface area contributed by atoms with Crippen LogP contribution in [0, 0.1) is 5.41 Å². The molecule has 2 aliphatic rings. The number of fused-ring (bicyclic) bond motifs is 1. The van der Waals surface area contributed by atoms with E-state index in [2.05, 4.69) is 45.7 Å². The Hall–Kier alpha value is -3.81. The van der Waals surface area contributed by atoms with Gasteiger partial charge in [0.2, 0.25) is 0 Å². The predicted octanol–water partition coefficient (Wildman–Crippen LogP) is 8.75. The monoisotopic (exact) mass is 626 g/mol. The third-order valence-corrected chi connectivity index (χ3v) is 8.97. The first-order chi connectivity index (χ1) is 21.4. The molecule has 45 heavy (non-hydrogen) atoms. The molecule has 4 aromatic rings. The molecule has 0 atom stereocenters. The van der Waals surface area contributed by atoms with E-state index < -0.39 is 11.6 Å². The molecule has 6 rings (SSSR count). The summed E-state index contributed by atoms with van der Waals surface area (Å²) in [4.78, 5) is 25.7. The molecule has 1 aliphatic carbocycles. The zero-order valence-corrected chi connectivity index (χ0v) is 27.7. The lowest BCUT2D eigenvalue weighted by Gasteiger charge is -2.39. The largest absolute Gasteiger partial charge is 0.456 e. The summed E-state index contributed by atoms with van der Waals surface area (Å²) in [5.74, 6) is 0.614. The van der Waals surface area contributed by atoms with Gasteiger partial charge >= 0.3 is 5.97 Å². The third kappa shape index (κ3) is 7.54. The number of carbonyl (C=O) groups is 1. The number of nitrogens with one attached hydrogen (secondary N) is 1.